The first-order valence-corrected chi connectivity index (χ1v) is 3.38. The minimum absolute atomic E-state index is 0.202. The fourth-order valence-electron chi connectivity index (χ4n) is 0.897. The van der Waals surface area contributed by atoms with E-state index in [1.807, 2.05) is 0 Å². The number of alkyl halides is 3. The first kappa shape index (κ1) is 9.98. The Hall–Kier alpha value is -1.10. The Morgan fingerprint density at radius 2 is 1.77 bits per heavy atom. The molecule has 1 nitrogen and oxygen atoms in total. The van der Waals surface area contributed by atoms with Crippen LogP contribution in [0.1, 0.15) is 11.1 Å². The molecule has 5 heteroatoms. The Morgan fingerprint density at radius 1 is 1.15 bits per heavy atom. The largest absolute Gasteiger partial charge is 0.416 e. The molecule has 1 radical (unpaired) electrons. The average molecular weight is 193 g/mol. The van der Waals surface area contributed by atoms with E-state index in [1.54, 1.807) is 0 Å². The number of hydrogen-bond donors (Lipinski definition) is 0. The third kappa shape index (κ3) is 2.42. The van der Waals surface area contributed by atoms with Gasteiger partial charge in [-0.25, -0.2) is 9.50 Å². The molecule has 1 rings (SSSR count). The van der Waals surface area contributed by atoms with Crippen molar-refractivity contribution in [3.05, 3.63) is 35.1 Å². The SMILES string of the molecule is [O]Cc1cc(F)cc(C(F)(F)F)c1. The van der Waals surface area contributed by atoms with Crippen molar-refractivity contribution in [1.29, 1.82) is 0 Å². The van der Waals surface area contributed by atoms with Crippen molar-refractivity contribution in [3.63, 3.8) is 0 Å². The Morgan fingerprint density at radius 3 is 2.23 bits per heavy atom. The maximum atomic E-state index is 12.5. The molecule has 1 aromatic rings. The van der Waals surface area contributed by atoms with Crippen molar-refractivity contribution < 1.29 is 22.7 Å². The van der Waals surface area contributed by atoms with Crippen LogP contribution in [0.5, 0.6) is 0 Å². The van der Waals surface area contributed by atoms with Gasteiger partial charge in [0.05, 0.1) is 5.56 Å². The van der Waals surface area contributed by atoms with Gasteiger partial charge in [-0.15, -0.1) is 0 Å². The van der Waals surface area contributed by atoms with Crippen molar-refractivity contribution in [2.45, 2.75) is 12.8 Å². The lowest BCUT2D eigenvalue weighted by Crippen LogP contribution is -2.06. The van der Waals surface area contributed by atoms with E-state index in [0.717, 1.165) is 6.07 Å². The van der Waals surface area contributed by atoms with Crippen LogP contribution in [-0.4, -0.2) is 0 Å². The summed E-state index contributed by atoms with van der Waals surface area (Å²) < 4.78 is 48.6. The zero-order chi connectivity index (χ0) is 10.1. The fraction of sp³-hybridized carbons (Fsp3) is 0.250. The summed E-state index contributed by atoms with van der Waals surface area (Å²) in [4.78, 5) is 0. The van der Waals surface area contributed by atoms with Gasteiger partial charge in [-0.2, -0.15) is 13.2 Å². The molecule has 0 bridgehead atoms. The van der Waals surface area contributed by atoms with E-state index in [-0.39, 0.29) is 5.56 Å². The molecule has 71 valence electrons. The molecule has 0 heterocycles. The highest BCUT2D eigenvalue weighted by Crippen LogP contribution is 2.30. The molecule has 0 unspecified atom stereocenters. The second-order valence-corrected chi connectivity index (χ2v) is 2.49. The fourth-order valence-corrected chi connectivity index (χ4v) is 0.897. The van der Waals surface area contributed by atoms with E-state index in [0.29, 0.717) is 12.1 Å². The summed E-state index contributed by atoms with van der Waals surface area (Å²) in [5, 5.41) is 10.2. The molecule has 0 N–H and O–H groups in total. The summed E-state index contributed by atoms with van der Waals surface area (Å²) in [6.07, 6.45) is -4.61. The predicted molar refractivity (Wildman–Crippen MR) is 35.8 cm³/mol. The Balaban J connectivity index is 3.16. The zero-order valence-electron chi connectivity index (χ0n) is 6.36. The van der Waals surface area contributed by atoms with Gasteiger partial charge >= 0.3 is 6.18 Å². The minimum atomic E-state index is -4.61. The van der Waals surface area contributed by atoms with Gasteiger partial charge in [0.15, 0.2) is 0 Å². The minimum Gasteiger partial charge on any atom is -0.232 e. The number of benzene rings is 1. The molecule has 0 aliphatic heterocycles. The van der Waals surface area contributed by atoms with Gasteiger partial charge < -0.3 is 0 Å². The highest BCUT2D eigenvalue weighted by Gasteiger charge is 2.31. The van der Waals surface area contributed by atoms with Crippen molar-refractivity contribution in [2.75, 3.05) is 0 Å². The highest BCUT2D eigenvalue weighted by atomic mass is 19.4. The lowest BCUT2D eigenvalue weighted by molar-refractivity contribution is -0.137. The molecule has 0 atom stereocenters. The molecular formula is C8H5F4O. The average Bonchev–Trinajstić information content (AvgIpc) is 2.01. The Labute approximate surface area is 71.6 Å². The predicted octanol–water partition coefficient (Wildman–Crippen LogP) is 2.78. The summed E-state index contributed by atoms with van der Waals surface area (Å²) in [5.41, 5.74) is -1.33. The van der Waals surface area contributed by atoms with E-state index < -0.39 is 24.2 Å². The van der Waals surface area contributed by atoms with E-state index in [9.17, 15) is 22.7 Å². The van der Waals surface area contributed by atoms with Crippen molar-refractivity contribution >= 4 is 0 Å². The molecular weight excluding hydrogens is 188 g/mol. The summed E-state index contributed by atoms with van der Waals surface area (Å²) in [6, 6.07) is 1.80. The van der Waals surface area contributed by atoms with Crippen LogP contribution in [0.25, 0.3) is 0 Å². The monoisotopic (exact) mass is 193 g/mol. The Kier molecular flexibility index (Phi) is 2.56. The van der Waals surface area contributed by atoms with Crippen LogP contribution in [0.2, 0.25) is 0 Å². The normalized spacial score (nSPS) is 11.8. The first-order valence-electron chi connectivity index (χ1n) is 3.38. The molecule has 0 amide bonds. The van der Waals surface area contributed by atoms with Crippen LogP contribution < -0.4 is 0 Å². The standard InChI is InChI=1S/C8H5F4O/c9-7-2-5(4-13)1-6(3-7)8(10,11)12/h1-3H,4H2. The summed E-state index contributed by atoms with van der Waals surface area (Å²) in [6.45, 7) is -0.860. The van der Waals surface area contributed by atoms with Crippen LogP contribution in [0.3, 0.4) is 0 Å². The molecule has 0 saturated heterocycles. The van der Waals surface area contributed by atoms with E-state index in [1.165, 1.54) is 0 Å². The van der Waals surface area contributed by atoms with Crippen molar-refractivity contribution in [3.8, 4) is 0 Å². The Bertz CT molecular complexity index is 306. The third-order valence-electron chi connectivity index (χ3n) is 1.45. The van der Waals surface area contributed by atoms with E-state index in [4.69, 9.17) is 0 Å². The van der Waals surface area contributed by atoms with Gasteiger partial charge in [0.1, 0.15) is 12.4 Å². The van der Waals surface area contributed by atoms with Gasteiger partial charge in [0.25, 0.3) is 0 Å². The molecule has 0 fully saturated rings. The van der Waals surface area contributed by atoms with Gasteiger partial charge in [-0.05, 0) is 23.8 Å². The molecule has 0 spiro atoms. The number of rotatable bonds is 1. The van der Waals surface area contributed by atoms with Gasteiger partial charge in [0.2, 0.25) is 0 Å². The molecule has 0 aliphatic rings. The summed E-state index contributed by atoms with van der Waals surface area (Å²) in [7, 11) is 0. The molecule has 1 aromatic carbocycles. The third-order valence-corrected chi connectivity index (χ3v) is 1.45. The van der Waals surface area contributed by atoms with Gasteiger partial charge in [-0.3, -0.25) is 0 Å². The van der Waals surface area contributed by atoms with Crippen LogP contribution in [0.15, 0.2) is 18.2 Å². The maximum absolute atomic E-state index is 12.5. The quantitative estimate of drug-likeness (QED) is 0.611. The molecule has 0 saturated carbocycles. The highest BCUT2D eigenvalue weighted by molar-refractivity contribution is 5.26. The second-order valence-electron chi connectivity index (χ2n) is 2.49. The van der Waals surface area contributed by atoms with Gasteiger partial charge in [0, 0.05) is 0 Å². The van der Waals surface area contributed by atoms with Crippen LogP contribution in [0, 0.1) is 5.82 Å². The lowest BCUT2D eigenvalue weighted by atomic mass is 10.1. The zero-order valence-corrected chi connectivity index (χ0v) is 6.36. The lowest BCUT2D eigenvalue weighted by Gasteiger charge is -2.07. The second kappa shape index (κ2) is 3.33. The summed E-state index contributed by atoms with van der Waals surface area (Å²) >= 11 is 0. The topological polar surface area (TPSA) is 19.9 Å². The number of halogens is 4. The van der Waals surface area contributed by atoms with Crippen molar-refractivity contribution in [1.82, 2.24) is 0 Å². The number of hydrogen-bond acceptors (Lipinski definition) is 0. The van der Waals surface area contributed by atoms with Crippen molar-refractivity contribution in [2.24, 2.45) is 0 Å². The van der Waals surface area contributed by atoms with E-state index in [2.05, 4.69) is 0 Å². The van der Waals surface area contributed by atoms with Crippen LogP contribution in [0.4, 0.5) is 17.6 Å². The summed E-state index contributed by atoms with van der Waals surface area (Å²) in [5.74, 6) is -1.04. The molecule has 0 aromatic heterocycles. The molecule has 0 aliphatic carbocycles. The maximum Gasteiger partial charge on any atom is 0.416 e. The van der Waals surface area contributed by atoms with E-state index >= 15 is 0 Å². The molecule has 13 heavy (non-hydrogen) atoms. The van der Waals surface area contributed by atoms with Crippen LogP contribution >= 0.6 is 0 Å². The van der Waals surface area contributed by atoms with Crippen LogP contribution in [-0.2, 0) is 17.9 Å². The smallest absolute Gasteiger partial charge is 0.232 e. The first-order chi connectivity index (χ1) is 5.93. The van der Waals surface area contributed by atoms with Gasteiger partial charge in [-0.1, -0.05) is 0 Å².